The van der Waals surface area contributed by atoms with E-state index in [1.807, 2.05) is 24.3 Å². The van der Waals surface area contributed by atoms with Gasteiger partial charge in [0.05, 0.1) is 0 Å². The van der Waals surface area contributed by atoms with Crippen LogP contribution in [0, 0.1) is 5.92 Å². The van der Waals surface area contributed by atoms with Crippen molar-refractivity contribution in [3.63, 3.8) is 0 Å². The van der Waals surface area contributed by atoms with Crippen LogP contribution in [-0.2, 0) is 0 Å². The Balaban J connectivity index is 1.72. The third-order valence-electron chi connectivity index (χ3n) is 3.30. The molecule has 1 aliphatic rings. The van der Waals surface area contributed by atoms with Crippen molar-refractivity contribution < 1.29 is 4.79 Å². The molecule has 1 saturated carbocycles. The predicted molar refractivity (Wildman–Crippen MR) is 74.9 cm³/mol. The average Bonchev–Trinajstić information content (AvgIpc) is 3.20. The van der Waals surface area contributed by atoms with Gasteiger partial charge in [0.25, 0.3) is 5.91 Å². The number of benzene rings is 1. The van der Waals surface area contributed by atoms with Crippen LogP contribution in [0.2, 0.25) is 0 Å². The van der Waals surface area contributed by atoms with Gasteiger partial charge < -0.3 is 10.6 Å². The zero-order chi connectivity index (χ0) is 12.8. The fourth-order valence-corrected chi connectivity index (χ4v) is 2.04. The lowest BCUT2D eigenvalue weighted by molar-refractivity contribution is 0.0953. The minimum atomic E-state index is 0.0360. The highest BCUT2D eigenvalue weighted by Crippen LogP contribution is 2.33. The summed E-state index contributed by atoms with van der Waals surface area (Å²) in [6.45, 7) is 3.75. The van der Waals surface area contributed by atoms with Crippen molar-refractivity contribution in [2.45, 2.75) is 32.6 Å². The Labute approximate surface area is 109 Å². The standard InChI is InChI=1S/C15H22N2O/c1-2-16-14-9-7-13(8-10-14)15(18)17-11-3-4-12-5-6-12/h7-10,12,16H,2-6,11H2,1H3,(H,17,18). The van der Waals surface area contributed by atoms with E-state index in [9.17, 15) is 4.79 Å². The summed E-state index contributed by atoms with van der Waals surface area (Å²) in [6.07, 6.45) is 5.14. The SMILES string of the molecule is CCNc1ccc(C(=O)NCCCC2CC2)cc1. The third kappa shape index (κ3) is 4.06. The quantitative estimate of drug-likeness (QED) is 0.726. The second-order valence-electron chi connectivity index (χ2n) is 4.95. The lowest BCUT2D eigenvalue weighted by Gasteiger charge is -2.06. The van der Waals surface area contributed by atoms with Gasteiger partial charge in [0.15, 0.2) is 0 Å². The maximum absolute atomic E-state index is 11.8. The fraction of sp³-hybridized carbons (Fsp3) is 0.533. The highest BCUT2D eigenvalue weighted by Gasteiger charge is 2.20. The second kappa shape index (κ2) is 6.43. The largest absolute Gasteiger partial charge is 0.385 e. The number of rotatable bonds is 7. The maximum Gasteiger partial charge on any atom is 0.251 e. The zero-order valence-corrected chi connectivity index (χ0v) is 11.0. The molecule has 3 heteroatoms. The van der Waals surface area contributed by atoms with Crippen LogP contribution in [0.4, 0.5) is 5.69 Å². The zero-order valence-electron chi connectivity index (χ0n) is 11.0. The molecule has 2 N–H and O–H groups in total. The Morgan fingerprint density at radius 1 is 1.28 bits per heavy atom. The Morgan fingerprint density at radius 3 is 2.61 bits per heavy atom. The van der Waals surface area contributed by atoms with Crippen LogP contribution in [-0.4, -0.2) is 19.0 Å². The molecule has 1 amide bonds. The molecule has 1 fully saturated rings. The molecule has 98 valence electrons. The fourth-order valence-electron chi connectivity index (χ4n) is 2.04. The normalized spacial score (nSPS) is 14.3. The van der Waals surface area contributed by atoms with Gasteiger partial charge in [0.2, 0.25) is 0 Å². The summed E-state index contributed by atoms with van der Waals surface area (Å²) in [5.74, 6) is 0.982. The van der Waals surface area contributed by atoms with Crippen molar-refractivity contribution in [3.8, 4) is 0 Å². The first-order valence-electron chi connectivity index (χ1n) is 6.91. The molecule has 0 aliphatic heterocycles. The van der Waals surface area contributed by atoms with Gasteiger partial charge in [-0.05, 0) is 49.9 Å². The molecule has 0 bridgehead atoms. The van der Waals surface area contributed by atoms with Gasteiger partial charge in [-0.3, -0.25) is 4.79 Å². The number of carbonyl (C=O) groups is 1. The molecule has 0 aromatic heterocycles. The van der Waals surface area contributed by atoms with Crippen molar-refractivity contribution in [3.05, 3.63) is 29.8 Å². The van der Waals surface area contributed by atoms with E-state index in [0.29, 0.717) is 0 Å². The van der Waals surface area contributed by atoms with Gasteiger partial charge in [0, 0.05) is 24.3 Å². The van der Waals surface area contributed by atoms with E-state index < -0.39 is 0 Å². The first kappa shape index (κ1) is 12.9. The van der Waals surface area contributed by atoms with E-state index in [1.54, 1.807) is 0 Å². The Kier molecular flexibility index (Phi) is 4.62. The van der Waals surface area contributed by atoms with E-state index >= 15 is 0 Å². The predicted octanol–water partition coefficient (Wildman–Crippen LogP) is 3.04. The molecular weight excluding hydrogens is 224 g/mol. The molecule has 2 rings (SSSR count). The second-order valence-corrected chi connectivity index (χ2v) is 4.95. The van der Waals surface area contributed by atoms with Crippen LogP contribution in [0.15, 0.2) is 24.3 Å². The Bertz CT molecular complexity index is 382. The maximum atomic E-state index is 11.8. The van der Waals surface area contributed by atoms with Crippen LogP contribution in [0.25, 0.3) is 0 Å². The van der Waals surface area contributed by atoms with Crippen molar-refractivity contribution >= 4 is 11.6 Å². The summed E-state index contributed by atoms with van der Waals surface area (Å²) in [6, 6.07) is 7.63. The monoisotopic (exact) mass is 246 g/mol. The van der Waals surface area contributed by atoms with E-state index in [4.69, 9.17) is 0 Å². The lowest BCUT2D eigenvalue weighted by Crippen LogP contribution is -2.24. The number of anilines is 1. The molecule has 0 radical (unpaired) electrons. The van der Waals surface area contributed by atoms with E-state index in [2.05, 4.69) is 17.6 Å². The molecule has 0 saturated heterocycles. The van der Waals surface area contributed by atoms with Gasteiger partial charge in [-0.1, -0.05) is 12.8 Å². The summed E-state index contributed by atoms with van der Waals surface area (Å²) < 4.78 is 0. The first-order valence-corrected chi connectivity index (χ1v) is 6.91. The first-order chi connectivity index (χ1) is 8.79. The summed E-state index contributed by atoms with van der Waals surface area (Å²) in [5, 5.41) is 6.19. The van der Waals surface area contributed by atoms with Crippen LogP contribution >= 0.6 is 0 Å². The van der Waals surface area contributed by atoms with E-state index in [-0.39, 0.29) is 5.91 Å². The minimum absolute atomic E-state index is 0.0360. The smallest absolute Gasteiger partial charge is 0.251 e. The van der Waals surface area contributed by atoms with Gasteiger partial charge >= 0.3 is 0 Å². The molecule has 0 atom stereocenters. The molecule has 0 unspecified atom stereocenters. The van der Waals surface area contributed by atoms with Crippen LogP contribution in [0.1, 0.15) is 43.0 Å². The summed E-state index contributed by atoms with van der Waals surface area (Å²) >= 11 is 0. The highest BCUT2D eigenvalue weighted by molar-refractivity contribution is 5.94. The van der Waals surface area contributed by atoms with Crippen LogP contribution in [0.3, 0.4) is 0 Å². The number of amides is 1. The molecule has 0 heterocycles. The summed E-state index contributed by atoms with van der Waals surface area (Å²) in [5.41, 5.74) is 1.80. The molecule has 1 aliphatic carbocycles. The Hall–Kier alpha value is -1.51. The van der Waals surface area contributed by atoms with Gasteiger partial charge in [-0.2, -0.15) is 0 Å². The van der Waals surface area contributed by atoms with Crippen molar-refractivity contribution in [1.29, 1.82) is 0 Å². The van der Waals surface area contributed by atoms with E-state index in [1.165, 1.54) is 19.3 Å². The number of hydrogen-bond donors (Lipinski definition) is 2. The topological polar surface area (TPSA) is 41.1 Å². The van der Waals surface area contributed by atoms with Gasteiger partial charge in [0.1, 0.15) is 0 Å². The van der Waals surface area contributed by atoms with Crippen molar-refractivity contribution in [2.75, 3.05) is 18.4 Å². The summed E-state index contributed by atoms with van der Waals surface area (Å²) in [7, 11) is 0. The van der Waals surface area contributed by atoms with Crippen molar-refractivity contribution in [2.24, 2.45) is 5.92 Å². The summed E-state index contributed by atoms with van der Waals surface area (Å²) in [4.78, 5) is 11.8. The molecular formula is C15H22N2O. The van der Waals surface area contributed by atoms with E-state index in [0.717, 1.165) is 36.7 Å². The average molecular weight is 246 g/mol. The Morgan fingerprint density at radius 2 is 2.00 bits per heavy atom. The highest BCUT2D eigenvalue weighted by atomic mass is 16.1. The van der Waals surface area contributed by atoms with Gasteiger partial charge in [-0.25, -0.2) is 0 Å². The number of hydrogen-bond acceptors (Lipinski definition) is 2. The van der Waals surface area contributed by atoms with Crippen LogP contribution < -0.4 is 10.6 Å². The molecule has 1 aromatic carbocycles. The molecule has 18 heavy (non-hydrogen) atoms. The van der Waals surface area contributed by atoms with Crippen LogP contribution in [0.5, 0.6) is 0 Å². The number of nitrogens with one attached hydrogen (secondary N) is 2. The molecule has 0 spiro atoms. The number of carbonyl (C=O) groups excluding carboxylic acids is 1. The third-order valence-corrected chi connectivity index (χ3v) is 3.30. The van der Waals surface area contributed by atoms with Crippen molar-refractivity contribution in [1.82, 2.24) is 5.32 Å². The molecule has 1 aromatic rings. The van der Waals surface area contributed by atoms with Gasteiger partial charge in [-0.15, -0.1) is 0 Å². The molecule has 3 nitrogen and oxygen atoms in total. The minimum Gasteiger partial charge on any atom is -0.385 e. The lowest BCUT2D eigenvalue weighted by atomic mass is 10.2.